The predicted octanol–water partition coefficient (Wildman–Crippen LogP) is 2.43. The second-order valence-electron chi connectivity index (χ2n) is 4.84. The van der Waals surface area contributed by atoms with Crippen molar-refractivity contribution in [2.45, 2.75) is 32.9 Å². The van der Waals surface area contributed by atoms with Gasteiger partial charge in [-0.15, -0.1) is 0 Å². The zero-order chi connectivity index (χ0) is 11.4. The average Bonchev–Trinajstić information content (AvgIpc) is 2.87. The lowest BCUT2D eigenvalue weighted by atomic mass is 9.93. The Labute approximate surface area is 97.2 Å². The van der Waals surface area contributed by atoms with Crippen molar-refractivity contribution in [3.63, 3.8) is 0 Å². The van der Waals surface area contributed by atoms with E-state index in [4.69, 9.17) is 9.15 Å². The molecule has 2 heterocycles. The van der Waals surface area contributed by atoms with Crippen molar-refractivity contribution in [2.75, 3.05) is 13.2 Å². The summed E-state index contributed by atoms with van der Waals surface area (Å²) in [5.74, 6) is 2.26. The van der Waals surface area contributed by atoms with E-state index in [0.717, 1.165) is 25.5 Å². The Hall–Kier alpha value is -0.800. The largest absolute Gasteiger partial charge is 0.468 e. The molecule has 1 fully saturated rings. The summed E-state index contributed by atoms with van der Waals surface area (Å²) in [6.07, 6.45) is 3.31. The van der Waals surface area contributed by atoms with Gasteiger partial charge in [-0.1, -0.05) is 13.8 Å². The number of hydrogen-bond acceptors (Lipinski definition) is 3. The zero-order valence-corrected chi connectivity index (χ0v) is 10.1. The van der Waals surface area contributed by atoms with Crippen LogP contribution in [0.5, 0.6) is 0 Å². The SMILES string of the molecule is CC(C)C1OCCC1CNCc1ccco1. The van der Waals surface area contributed by atoms with E-state index in [9.17, 15) is 0 Å². The van der Waals surface area contributed by atoms with Gasteiger partial charge in [-0.05, 0) is 30.4 Å². The highest BCUT2D eigenvalue weighted by Gasteiger charge is 2.30. The first kappa shape index (κ1) is 11.7. The minimum Gasteiger partial charge on any atom is -0.468 e. The van der Waals surface area contributed by atoms with Gasteiger partial charge in [0.15, 0.2) is 0 Å². The van der Waals surface area contributed by atoms with Crippen LogP contribution in [0.3, 0.4) is 0 Å². The van der Waals surface area contributed by atoms with Crippen molar-refractivity contribution < 1.29 is 9.15 Å². The van der Waals surface area contributed by atoms with Crippen molar-refractivity contribution in [2.24, 2.45) is 11.8 Å². The molecule has 0 radical (unpaired) electrons. The summed E-state index contributed by atoms with van der Waals surface area (Å²) in [4.78, 5) is 0. The van der Waals surface area contributed by atoms with Gasteiger partial charge < -0.3 is 14.5 Å². The van der Waals surface area contributed by atoms with E-state index < -0.39 is 0 Å². The maximum atomic E-state index is 5.75. The summed E-state index contributed by atoms with van der Waals surface area (Å²) in [5, 5.41) is 3.44. The van der Waals surface area contributed by atoms with Crippen molar-refractivity contribution in [3.8, 4) is 0 Å². The van der Waals surface area contributed by atoms with Gasteiger partial charge in [0.05, 0.1) is 18.9 Å². The molecular weight excluding hydrogens is 202 g/mol. The summed E-state index contributed by atoms with van der Waals surface area (Å²) in [6.45, 7) is 7.21. The molecule has 90 valence electrons. The first-order valence-electron chi connectivity index (χ1n) is 6.12. The Morgan fingerprint density at radius 2 is 2.38 bits per heavy atom. The minimum atomic E-state index is 0.420. The molecule has 0 spiro atoms. The van der Waals surface area contributed by atoms with E-state index in [-0.39, 0.29) is 0 Å². The molecule has 0 saturated carbocycles. The molecule has 0 aliphatic carbocycles. The quantitative estimate of drug-likeness (QED) is 0.832. The van der Waals surface area contributed by atoms with E-state index in [1.807, 2.05) is 12.1 Å². The van der Waals surface area contributed by atoms with Gasteiger partial charge in [0.25, 0.3) is 0 Å². The van der Waals surface area contributed by atoms with Crippen molar-refractivity contribution in [1.29, 1.82) is 0 Å². The number of furan rings is 1. The maximum Gasteiger partial charge on any atom is 0.117 e. The van der Waals surface area contributed by atoms with Gasteiger partial charge in [-0.3, -0.25) is 0 Å². The zero-order valence-electron chi connectivity index (χ0n) is 10.1. The van der Waals surface area contributed by atoms with Crippen LogP contribution < -0.4 is 5.32 Å². The lowest BCUT2D eigenvalue weighted by Crippen LogP contribution is -2.31. The van der Waals surface area contributed by atoms with E-state index in [0.29, 0.717) is 17.9 Å². The van der Waals surface area contributed by atoms with Crippen molar-refractivity contribution in [3.05, 3.63) is 24.2 Å². The molecule has 1 aliphatic heterocycles. The van der Waals surface area contributed by atoms with Crippen molar-refractivity contribution >= 4 is 0 Å². The van der Waals surface area contributed by atoms with Gasteiger partial charge in [0.2, 0.25) is 0 Å². The smallest absolute Gasteiger partial charge is 0.117 e. The summed E-state index contributed by atoms with van der Waals surface area (Å²) < 4.78 is 11.0. The molecule has 2 atom stereocenters. The predicted molar refractivity (Wildman–Crippen MR) is 63.1 cm³/mol. The fourth-order valence-electron chi connectivity index (χ4n) is 2.40. The summed E-state index contributed by atoms with van der Waals surface area (Å²) in [6, 6.07) is 3.92. The highest BCUT2D eigenvalue weighted by Crippen LogP contribution is 2.26. The molecule has 2 rings (SSSR count). The summed E-state index contributed by atoms with van der Waals surface area (Å²) in [5.41, 5.74) is 0. The van der Waals surface area contributed by atoms with Gasteiger partial charge in [-0.2, -0.15) is 0 Å². The van der Waals surface area contributed by atoms with E-state index >= 15 is 0 Å². The van der Waals surface area contributed by atoms with Crippen molar-refractivity contribution in [1.82, 2.24) is 5.32 Å². The van der Waals surface area contributed by atoms with Crippen LogP contribution in [-0.4, -0.2) is 19.3 Å². The van der Waals surface area contributed by atoms with Crippen LogP contribution in [0.2, 0.25) is 0 Å². The standard InChI is InChI=1S/C13H21NO2/c1-10(2)13-11(5-7-16-13)8-14-9-12-4-3-6-15-12/h3-4,6,10-11,13-14H,5,7-9H2,1-2H3. The molecule has 2 unspecified atom stereocenters. The normalized spacial score (nSPS) is 25.4. The second kappa shape index (κ2) is 5.51. The van der Waals surface area contributed by atoms with Gasteiger partial charge in [0.1, 0.15) is 5.76 Å². The van der Waals surface area contributed by atoms with Crippen LogP contribution in [0, 0.1) is 11.8 Å². The Bertz CT molecular complexity index is 295. The van der Waals surface area contributed by atoms with Crippen LogP contribution in [0.4, 0.5) is 0 Å². The van der Waals surface area contributed by atoms with Crippen LogP contribution >= 0.6 is 0 Å². The lowest BCUT2D eigenvalue weighted by molar-refractivity contribution is 0.0538. The summed E-state index contributed by atoms with van der Waals surface area (Å²) in [7, 11) is 0. The Kier molecular flexibility index (Phi) is 4.02. The van der Waals surface area contributed by atoms with Gasteiger partial charge >= 0.3 is 0 Å². The maximum absolute atomic E-state index is 5.75. The topological polar surface area (TPSA) is 34.4 Å². The monoisotopic (exact) mass is 223 g/mol. The molecule has 0 amide bonds. The molecule has 0 bridgehead atoms. The Morgan fingerprint density at radius 1 is 1.50 bits per heavy atom. The lowest BCUT2D eigenvalue weighted by Gasteiger charge is -2.22. The molecule has 0 aromatic carbocycles. The fraction of sp³-hybridized carbons (Fsp3) is 0.692. The van der Waals surface area contributed by atoms with Gasteiger partial charge in [-0.25, -0.2) is 0 Å². The first-order valence-corrected chi connectivity index (χ1v) is 6.12. The number of hydrogen-bond donors (Lipinski definition) is 1. The highest BCUT2D eigenvalue weighted by atomic mass is 16.5. The van der Waals surface area contributed by atoms with Crippen LogP contribution in [0.15, 0.2) is 22.8 Å². The minimum absolute atomic E-state index is 0.420. The molecule has 3 nitrogen and oxygen atoms in total. The average molecular weight is 223 g/mol. The third-order valence-corrected chi connectivity index (χ3v) is 3.21. The molecule has 1 aromatic rings. The van der Waals surface area contributed by atoms with E-state index in [1.165, 1.54) is 6.42 Å². The molecule has 1 N–H and O–H groups in total. The second-order valence-corrected chi connectivity index (χ2v) is 4.84. The molecule has 16 heavy (non-hydrogen) atoms. The third kappa shape index (κ3) is 2.86. The van der Waals surface area contributed by atoms with Gasteiger partial charge in [0, 0.05) is 13.2 Å². The highest BCUT2D eigenvalue weighted by molar-refractivity contribution is 4.97. The molecule has 1 saturated heterocycles. The number of rotatable bonds is 5. The Morgan fingerprint density at radius 3 is 3.06 bits per heavy atom. The van der Waals surface area contributed by atoms with Crippen LogP contribution in [-0.2, 0) is 11.3 Å². The fourth-order valence-corrected chi connectivity index (χ4v) is 2.40. The summed E-state index contributed by atoms with van der Waals surface area (Å²) >= 11 is 0. The molecular formula is C13H21NO2. The van der Waals surface area contributed by atoms with Crippen LogP contribution in [0.25, 0.3) is 0 Å². The molecule has 1 aliphatic rings. The Balaban J connectivity index is 1.73. The number of ether oxygens (including phenoxy) is 1. The van der Waals surface area contributed by atoms with Crippen LogP contribution in [0.1, 0.15) is 26.0 Å². The number of nitrogens with one attached hydrogen (secondary N) is 1. The third-order valence-electron chi connectivity index (χ3n) is 3.21. The first-order chi connectivity index (χ1) is 7.77. The molecule has 1 aromatic heterocycles. The molecule has 3 heteroatoms. The van der Waals surface area contributed by atoms with E-state index in [2.05, 4.69) is 19.2 Å². The van der Waals surface area contributed by atoms with E-state index in [1.54, 1.807) is 6.26 Å².